The van der Waals surface area contributed by atoms with E-state index in [1.165, 1.54) is 12.1 Å². The van der Waals surface area contributed by atoms with Crippen LogP contribution in [0.5, 0.6) is 0 Å². The number of hydrogen-bond acceptors (Lipinski definition) is 2. The normalized spacial score (nSPS) is 20.1. The number of carbonyl (C=O) groups is 1. The lowest BCUT2D eigenvalue weighted by molar-refractivity contribution is -0.152. The van der Waals surface area contributed by atoms with Crippen molar-refractivity contribution in [3.05, 3.63) is 35.6 Å². The second-order valence-electron chi connectivity index (χ2n) is 5.95. The molecule has 0 bridgehead atoms. The Bertz CT molecular complexity index is 478. The van der Waals surface area contributed by atoms with Crippen LogP contribution in [0.1, 0.15) is 51.1 Å². The summed E-state index contributed by atoms with van der Waals surface area (Å²) in [5, 5.41) is 9.46. The van der Waals surface area contributed by atoms with Crippen LogP contribution in [-0.2, 0) is 4.79 Å². The van der Waals surface area contributed by atoms with E-state index in [4.69, 9.17) is 0 Å². The van der Waals surface area contributed by atoms with Gasteiger partial charge in [-0.15, -0.1) is 0 Å². The maximum Gasteiger partial charge on any atom is 0.309 e. The lowest BCUT2D eigenvalue weighted by Gasteiger charge is -2.42. The van der Waals surface area contributed by atoms with Gasteiger partial charge in [0.15, 0.2) is 0 Å². The van der Waals surface area contributed by atoms with Gasteiger partial charge >= 0.3 is 5.97 Å². The molecule has 1 heterocycles. The van der Waals surface area contributed by atoms with Crippen LogP contribution >= 0.6 is 0 Å². The van der Waals surface area contributed by atoms with E-state index in [9.17, 15) is 14.3 Å². The third kappa shape index (κ3) is 3.26. The van der Waals surface area contributed by atoms with Crippen LogP contribution in [0.15, 0.2) is 24.3 Å². The Labute approximate surface area is 125 Å². The molecule has 0 aromatic heterocycles. The number of nitrogens with zero attached hydrogens (tertiary/aromatic N) is 1. The molecule has 116 valence electrons. The zero-order valence-electron chi connectivity index (χ0n) is 12.8. The maximum absolute atomic E-state index is 13.1. The largest absolute Gasteiger partial charge is 0.481 e. The molecule has 0 saturated carbocycles. The topological polar surface area (TPSA) is 40.5 Å². The molecule has 21 heavy (non-hydrogen) atoms. The molecular weight excluding hydrogens is 269 g/mol. The molecule has 0 radical (unpaired) electrons. The highest BCUT2D eigenvalue weighted by atomic mass is 19.1. The van der Waals surface area contributed by atoms with E-state index in [2.05, 4.69) is 11.8 Å². The number of benzene rings is 1. The maximum atomic E-state index is 13.1. The minimum Gasteiger partial charge on any atom is -0.481 e. The third-order valence-corrected chi connectivity index (χ3v) is 4.97. The quantitative estimate of drug-likeness (QED) is 0.896. The summed E-state index contributed by atoms with van der Waals surface area (Å²) in [5.74, 6) is -0.886. The van der Waals surface area contributed by atoms with Gasteiger partial charge in [0, 0.05) is 6.04 Å². The standard InChI is InChI=1S/C17H24FNO2/c1-3-15(13-5-7-14(18)8-6-13)19-11-9-17(4-2,10-12-19)16(20)21/h5-8,15H,3-4,9-12H2,1-2H3,(H,20,21). The van der Waals surface area contributed by atoms with E-state index in [-0.39, 0.29) is 11.9 Å². The van der Waals surface area contributed by atoms with Crippen LogP contribution in [0.4, 0.5) is 4.39 Å². The second kappa shape index (κ2) is 6.56. The van der Waals surface area contributed by atoms with Crippen LogP contribution in [0.3, 0.4) is 0 Å². The van der Waals surface area contributed by atoms with E-state index in [0.29, 0.717) is 19.3 Å². The highest BCUT2D eigenvalue weighted by molar-refractivity contribution is 5.74. The molecule has 0 aliphatic carbocycles. The number of hydrogen-bond donors (Lipinski definition) is 1. The molecule has 1 aromatic carbocycles. The zero-order valence-corrected chi connectivity index (χ0v) is 12.8. The van der Waals surface area contributed by atoms with E-state index >= 15 is 0 Å². The van der Waals surface area contributed by atoms with Gasteiger partial charge in [-0.05, 0) is 56.5 Å². The lowest BCUT2D eigenvalue weighted by atomic mass is 9.75. The SMILES string of the molecule is CCC(c1ccc(F)cc1)N1CCC(CC)(C(=O)O)CC1. The predicted octanol–water partition coefficient (Wildman–Crippen LogP) is 3.85. The molecule has 2 rings (SSSR count). The minimum atomic E-state index is -0.667. The molecule has 1 atom stereocenters. The number of rotatable bonds is 5. The minimum absolute atomic E-state index is 0.219. The summed E-state index contributed by atoms with van der Waals surface area (Å²) in [4.78, 5) is 13.8. The van der Waals surface area contributed by atoms with Crippen LogP contribution in [0, 0.1) is 11.2 Å². The van der Waals surface area contributed by atoms with Gasteiger partial charge < -0.3 is 5.11 Å². The van der Waals surface area contributed by atoms with Crippen molar-refractivity contribution in [1.29, 1.82) is 0 Å². The highest BCUT2D eigenvalue weighted by Gasteiger charge is 2.40. The molecule has 4 heteroatoms. The Morgan fingerprint density at radius 3 is 2.29 bits per heavy atom. The number of aliphatic carboxylic acids is 1. The fourth-order valence-electron chi connectivity index (χ4n) is 3.37. The highest BCUT2D eigenvalue weighted by Crippen LogP contribution is 2.38. The summed E-state index contributed by atoms with van der Waals surface area (Å²) in [7, 11) is 0. The zero-order chi connectivity index (χ0) is 15.5. The molecule has 1 saturated heterocycles. The molecule has 3 nitrogen and oxygen atoms in total. The van der Waals surface area contributed by atoms with Gasteiger partial charge in [0.05, 0.1) is 5.41 Å². The van der Waals surface area contributed by atoms with E-state index in [1.807, 2.05) is 19.1 Å². The molecule has 0 amide bonds. The Morgan fingerprint density at radius 2 is 1.86 bits per heavy atom. The van der Waals surface area contributed by atoms with E-state index < -0.39 is 11.4 Å². The lowest BCUT2D eigenvalue weighted by Crippen LogP contribution is -2.45. The van der Waals surface area contributed by atoms with Gasteiger partial charge in [-0.1, -0.05) is 26.0 Å². The van der Waals surface area contributed by atoms with E-state index in [1.54, 1.807) is 0 Å². The predicted molar refractivity (Wildman–Crippen MR) is 80.6 cm³/mol. The Kier molecular flexibility index (Phi) is 4.99. The third-order valence-electron chi connectivity index (χ3n) is 4.97. The fraction of sp³-hybridized carbons (Fsp3) is 0.588. The number of carboxylic acid groups (broad SMARTS) is 1. The van der Waals surface area contributed by atoms with Crippen molar-refractivity contribution in [2.75, 3.05) is 13.1 Å². The Hall–Kier alpha value is -1.42. The van der Waals surface area contributed by atoms with Gasteiger partial charge in [0.1, 0.15) is 5.82 Å². The Morgan fingerprint density at radius 1 is 1.29 bits per heavy atom. The number of halogens is 1. The van der Waals surface area contributed by atoms with Gasteiger partial charge in [-0.25, -0.2) is 4.39 Å². The molecule has 0 spiro atoms. The van der Waals surface area contributed by atoms with Crippen LogP contribution in [0.2, 0.25) is 0 Å². The molecule has 1 aromatic rings. The molecule has 1 unspecified atom stereocenters. The monoisotopic (exact) mass is 293 g/mol. The first-order valence-electron chi connectivity index (χ1n) is 7.75. The molecule has 1 fully saturated rings. The smallest absolute Gasteiger partial charge is 0.309 e. The summed E-state index contributed by atoms with van der Waals surface area (Å²) in [6.07, 6.45) is 3.01. The van der Waals surface area contributed by atoms with Crippen molar-refractivity contribution in [3.63, 3.8) is 0 Å². The molecular formula is C17H24FNO2. The fourth-order valence-corrected chi connectivity index (χ4v) is 3.37. The summed E-state index contributed by atoms with van der Waals surface area (Å²) < 4.78 is 13.1. The van der Waals surface area contributed by atoms with Gasteiger partial charge in [-0.3, -0.25) is 9.69 Å². The summed E-state index contributed by atoms with van der Waals surface area (Å²) >= 11 is 0. The van der Waals surface area contributed by atoms with E-state index in [0.717, 1.165) is 25.1 Å². The van der Waals surface area contributed by atoms with Crippen molar-refractivity contribution in [2.24, 2.45) is 5.41 Å². The molecule has 1 aliphatic heterocycles. The second-order valence-corrected chi connectivity index (χ2v) is 5.95. The first-order valence-corrected chi connectivity index (χ1v) is 7.75. The van der Waals surface area contributed by atoms with Crippen LogP contribution in [-0.4, -0.2) is 29.1 Å². The van der Waals surface area contributed by atoms with Crippen LogP contribution in [0.25, 0.3) is 0 Å². The summed E-state index contributed by atoms with van der Waals surface area (Å²) in [5.41, 5.74) is 0.552. The van der Waals surface area contributed by atoms with Crippen molar-refractivity contribution >= 4 is 5.97 Å². The van der Waals surface area contributed by atoms with Crippen molar-refractivity contribution in [3.8, 4) is 0 Å². The summed E-state index contributed by atoms with van der Waals surface area (Å²) in [6.45, 7) is 5.65. The molecule has 1 aliphatic rings. The first kappa shape index (κ1) is 16.0. The number of carboxylic acids is 1. The number of likely N-dealkylation sites (tertiary alicyclic amines) is 1. The van der Waals surface area contributed by atoms with Crippen LogP contribution < -0.4 is 0 Å². The van der Waals surface area contributed by atoms with Gasteiger partial charge in [0.25, 0.3) is 0 Å². The van der Waals surface area contributed by atoms with Crippen molar-refractivity contribution < 1.29 is 14.3 Å². The van der Waals surface area contributed by atoms with Gasteiger partial charge in [-0.2, -0.15) is 0 Å². The van der Waals surface area contributed by atoms with Crippen molar-refractivity contribution in [1.82, 2.24) is 4.90 Å². The number of piperidine rings is 1. The Balaban J connectivity index is 2.09. The van der Waals surface area contributed by atoms with Gasteiger partial charge in [0.2, 0.25) is 0 Å². The molecule has 1 N–H and O–H groups in total. The summed E-state index contributed by atoms with van der Waals surface area (Å²) in [6, 6.07) is 6.91. The van der Waals surface area contributed by atoms with Crippen molar-refractivity contribution in [2.45, 2.75) is 45.6 Å². The average Bonchev–Trinajstić information content (AvgIpc) is 2.50. The first-order chi connectivity index (χ1) is 10.0. The average molecular weight is 293 g/mol.